The summed E-state index contributed by atoms with van der Waals surface area (Å²) in [5.41, 5.74) is 14.0. The highest BCUT2D eigenvalue weighted by Crippen LogP contribution is 2.37. The molecule has 8 aromatic carbocycles. The summed E-state index contributed by atoms with van der Waals surface area (Å²) in [4.78, 5) is 24.1. The van der Waals surface area contributed by atoms with Crippen molar-refractivity contribution in [1.29, 1.82) is 0 Å². The van der Waals surface area contributed by atoms with Gasteiger partial charge in [0.2, 0.25) is 0 Å². The first-order valence-corrected chi connectivity index (χ1v) is 20.7. The minimum absolute atomic E-state index is 0.603. The minimum atomic E-state index is 0.603. The number of nitrogens with zero attached hydrogens (tertiary/aromatic N) is 5. The molecule has 11 rings (SSSR count). The lowest BCUT2D eigenvalue weighted by molar-refractivity contribution is 1.07. The first kappa shape index (κ1) is 36.7. The van der Waals surface area contributed by atoms with Crippen molar-refractivity contribution in [2.45, 2.75) is 0 Å². The third-order valence-corrected chi connectivity index (χ3v) is 11.5. The Balaban J connectivity index is 1.05. The number of aromatic nitrogens is 5. The maximum atomic E-state index is 5.20. The maximum absolute atomic E-state index is 5.20. The third-order valence-electron chi connectivity index (χ3n) is 11.5. The number of hydrogen-bond donors (Lipinski definition) is 0. The fourth-order valence-corrected chi connectivity index (χ4v) is 8.32. The molecule has 0 saturated carbocycles. The van der Waals surface area contributed by atoms with Crippen molar-refractivity contribution < 1.29 is 0 Å². The summed E-state index contributed by atoms with van der Waals surface area (Å²) in [6.45, 7) is 0. The van der Waals surface area contributed by atoms with Crippen molar-refractivity contribution in [2.24, 2.45) is 0 Å². The average molecular weight is 792 g/mol. The van der Waals surface area contributed by atoms with Gasteiger partial charge in [-0.25, -0.2) is 15.0 Å². The Kier molecular flexibility index (Phi) is 9.45. The molecule has 0 bridgehead atoms. The lowest BCUT2D eigenvalue weighted by Crippen LogP contribution is -2.00. The quantitative estimate of drug-likeness (QED) is 0.153. The van der Waals surface area contributed by atoms with Gasteiger partial charge in [0.05, 0.1) is 0 Å². The number of hydrogen-bond acceptors (Lipinski definition) is 5. The van der Waals surface area contributed by atoms with Crippen LogP contribution < -0.4 is 0 Å². The van der Waals surface area contributed by atoms with E-state index in [0.717, 1.165) is 72.0 Å². The molecule has 0 spiro atoms. The molecule has 0 atom stereocenters. The van der Waals surface area contributed by atoms with Gasteiger partial charge in [-0.15, -0.1) is 0 Å². The van der Waals surface area contributed by atoms with Crippen LogP contribution in [0, 0.1) is 0 Å². The van der Waals surface area contributed by atoms with Crippen LogP contribution >= 0.6 is 0 Å². The van der Waals surface area contributed by atoms with Gasteiger partial charge < -0.3 is 0 Å². The molecule has 0 saturated heterocycles. The predicted octanol–water partition coefficient (Wildman–Crippen LogP) is 14.3. The monoisotopic (exact) mass is 791 g/mol. The molecule has 0 aliphatic heterocycles. The standard InChI is InChI=1S/C57H37N5/c1-3-9-38(10-4-1)39-21-27-45(28-22-39)56-60-55(44-11-5-2-6-12-44)61-57(62-56)50-34-48(40-17-23-42(24-18-40)51-15-7-13-46-36-58-31-29-53(46)51)33-49(35-50)41-19-25-43(26-20-41)52-16-8-14-47-37-59-32-30-54(47)52/h1-37H. The molecule has 5 heteroatoms. The summed E-state index contributed by atoms with van der Waals surface area (Å²) in [7, 11) is 0. The Morgan fingerprint density at radius 2 is 0.597 bits per heavy atom. The van der Waals surface area contributed by atoms with E-state index in [0.29, 0.717) is 17.5 Å². The summed E-state index contributed by atoms with van der Waals surface area (Å²) in [5.74, 6) is 1.84. The van der Waals surface area contributed by atoms with Crippen LogP contribution in [-0.4, -0.2) is 24.9 Å². The highest BCUT2D eigenvalue weighted by Gasteiger charge is 2.16. The fourth-order valence-electron chi connectivity index (χ4n) is 8.32. The van der Waals surface area contributed by atoms with Crippen LogP contribution in [0.2, 0.25) is 0 Å². The smallest absolute Gasteiger partial charge is 0.164 e. The molecule has 5 nitrogen and oxygen atoms in total. The minimum Gasteiger partial charge on any atom is -0.264 e. The van der Waals surface area contributed by atoms with Gasteiger partial charge >= 0.3 is 0 Å². The van der Waals surface area contributed by atoms with Gasteiger partial charge in [-0.1, -0.05) is 170 Å². The van der Waals surface area contributed by atoms with E-state index in [1.165, 1.54) is 21.9 Å². The zero-order valence-electron chi connectivity index (χ0n) is 33.6. The number of benzene rings is 8. The highest BCUT2D eigenvalue weighted by molar-refractivity contribution is 5.97. The van der Waals surface area contributed by atoms with E-state index in [-0.39, 0.29) is 0 Å². The van der Waals surface area contributed by atoms with E-state index >= 15 is 0 Å². The molecular weight excluding hydrogens is 755 g/mol. The van der Waals surface area contributed by atoms with E-state index in [2.05, 4.69) is 174 Å². The Morgan fingerprint density at radius 1 is 0.242 bits per heavy atom. The van der Waals surface area contributed by atoms with Crippen LogP contribution in [0.15, 0.2) is 225 Å². The van der Waals surface area contributed by atoms with Crippen molar-refractivity contribution in [3.8, 4) is 89.8 Å². The zero-order valence-corrected chi connectivity index (χ0v) is 33.6. The molecule has 3 heterocycles. The summed E-state index contributed by atoms with van der Waals surface area (Å²) in [6, 6.07) is 70.2. The van der Waals surface area contributed by atoms with Gasteiger partial charge in [0.1, 0.15) is 0 Å². The van der Waals surface area contributed by atoms with Crippen molar-refractivity contribution in [2.75, 3.05) is 0 Å². The van der Waals surface area contributed by atoms with E-state index in [9.17, 15) is 0 Å². The van der Waals surface area contributed by atoms with E-state index in [1.807, 2.05) is 61.2 Å². The highest BCUT2D eigenvalue weighted by atomic mass is 15.0. The largest absolute Gasteiger partial charge is 0.264 e. The first-order chi connectivity index (χ1) is 30.7. The van der Waals surface area contributed by atoms with Crippen molar-refractivity contribution >= 4 is 21.5 Å². The molecule has 290 valence electrons. The second kappa shape index (κ2) is 16.0. The fraction of sp³-hybridized carbons (Fsp3) is 0. The number of fused-ring (bicyclic) bond motifs is 2. The third kappa shape index (κ3) is 7.18. The molecule has 0 radical (unpaired) electrons. The van der Waals surface area contributed by atoms with Crippen molar-refractivity contribution in [1.82, 2.24) is 24.9 Å². The molecule has 0 amide bonds. The van der Waals surface area contributed by atoms with Crippen LogP contribution in [0.25, 0.3) is 111 Å². The molecule has 62 heavy (non-hydrogen) atoms. The molecular formula is C57H37N5. The van der Waals surface area contributed by atoms with Crippen LogP contribution in [0.3, 0.4) is 0 Å². The summed E-state index contributed by atoms with van der Waals surface area (Å²) < 4.78 is 0. The number of rotatable bonds is 8. The van der Waals surface area contributed by atoms with Crippen LogP contribution in [0.4, 0.5) is 0 Å². The SMILES string of the molecule is c1ccc(-c2ccc(-c3nc(-c4ccccc4)nc(-c4cc(-c5ccc(-c6cccc7cnccc67)cc5)cc(-c5ccc(-c6cccc7cnccc67)cc5)c4)n3)cc2)cc1. The van der Waals surface area contributed by atoms with Gasteiger partial charge in [-0.05, 0) is 96.7 Å². The Bertz CT molecular complexity index is 3210. The summed E-state index contributed by atoms with van der Waals surface area (Å²) in [5, 5.41) is 4.60. The van der Waals surface area contributed by atoms with Gasteiger partial charge in [0.15, 0.2) is 17.5 Å². The van der Waals surface area contributed by atoms with Crippen molar-refractivity contribution in [3.63, 3.8) is 0 Å². The molecule has 0 aliphatic carbocycles. The molecule has 0 aliphatic rings. The predicted molar refractivity (Wildman–Crippen MR) is 254 cm³/mol. The van der Waals surface area contributed by atoms with E-state index in [4.69, 9.17) is 15.0 Å². The van der Waals surface area contributed by atoms with Crippen molar-refractivity contribution in [3.05, 3.63) is 225 Å². The molecule has 3 aromatic heterocycles. The second-order valence-corrected chi connectivity index (χ2v) is 15.4. The molecule has 11 aromatic rings. The molecule has 0 fully saturated rings. The lowest BCUT2D eigenvalue weighted by atomic mass is 9.92. The summed E-state index contributed by atoms with van der Waals surface area (Å²) in [6.07, 6.45) is 7.55. The Hall–Kier alpha value is -8.41. The zero-order chi connectivity index (χ0) is 41.2. The van der Waals surface area contributed by atoms with Crippen LogP contribution in [0.5, 0.6) is 0 Å². The normalized spacial score (nSPS) is 11.2. The summed E-state index contributed by atoms with van der Waals surface area (Å²) >= 11 is 0. The molecule has 0 unspecified atom stereocenters. The maximum Gasteiger partial charge on any atom is 0.164 e. The Morgan fingerprint density at radius 3 is 1.08 bits per heavy atom. The van der Waals surface area contributed by atoms with Gasteiger partial charge in [-0.2, -0.15) is 0 Å². The van der Waals surface area contributed by atoms with Crippen LogP contribution in [-0.2, 0) is 0 Å². The van der Waals surface area contributed by atoms with Gasteiger partial charge in [0, 0.05) is 52.3 Å². The molecule has 0 N–H and O–H groups in total. The second-order valence-electron chi connectivity index (χ2n) is 15.4. The van der Waals surface area contributed by atoms with E-state index < -0.39 is 0 Å². The lowest BCUT2D eigenvalue weighted by Gasteiger charge is -2.14. The van der Waals surface area contributed by atoms with Gasteiger partial charge in [0.25, 0.3) is 0 Å². The first-order valence-electron chi connectivity index (χ1n) is 20.7. The Labute approximate surface area is 359 Å². The van der Waals surface area contributed by atoms with Gasteiger partial charge in [-0.3, -0.25) is 9.97 Å². The topological polar surface area (TPSA) is 64.5 Å². The van der Waals surface area contributed by atoms with Crippen LogP contribution in [0.1, 0.15) is 0 Å². The van der Waals surface area contributed by atoms with E-state index in [1.54, 1.807) is 0 Å². The number of pyridine rings is 2. The average Bonchev–Trinajstić information content (AvgIpc) is 3.36.